The van der Waals surface area contributed by atoms with Gasteiger partial charge in [0.2, 0.25) is 0 Å². The Morgan fingerprint density at radius 2 is 1.72 bits per heavy atom. The molecule has 0 fully saturated rings. The zero-order valence-electron chi connectivity index (χ0n) is 9.61. The van der Waals surface area contributed by atoms with E-state index in [0.717, 1.165) is 6.07 Å². The molecule has 0 unspecified atom stereocenters. The van der Waals surface area contributed by atoms with Crippen LogP contribution in [-0.4, -0.2) is 5.97 Å². The Kier molecular flexibility index (Phi) is 3.37. The molecule has 0 aliphatic rings. The van der Waals surface area contributed by atoms with Gasteiger partial charge in [0.15, 0.2) is 0 Å². The number of hydrogen-bond acceptors (Lipinski definition) is 2. The summed E-state index contributed by atoms with van der Waals surface area (Å²) in [6.07, 6.45) is 0. The van der Waals surface area contributed by atoms with E-state index in [2.05, 4.69) is 0 Å². The Bertz CT molecular complexity index is 577. The third-order valence-electron chi connectivity index (χ3n) is 2.36. The summed E-state index contributed by atoms with van der Waals surface area (Å²) in [4.78, 5) is 10.7. The number of carbonyl (C=O) groups excluding carboxylic acids is 1. The van der Waals surface area contributed by atoms with E-state index >= 15 is 0 Å². The molecule has 0 spiro atoms. The molecule has 92 valence electrons. The van der Waals surface area contributed by atoms with Crippen molar-refractivity contribution < 1.29 is 18.3 Å². The highest BCUT2D eigenvalue weighted by Crippen LogP contribution is 2.26. The quantitative estimate of drug-likeness (QED) is 0.600. The minimum Gasteiger partial charge on any atom is -0.427 e. The smallest absolute Gasteiger partial charge is 0.308 e. The molecule has 4 heteroatoms. The zero-order chi connectivity index (χ0) is 13.1. The van der Waals surface area contributed by atoms with Crippen LogP contribution in [0.3, 0.4) is 0 Å². The van der Waals surface area contributed by atoms with Crippen LogP contribution in [0.15, 0.2) is 42.5 Å². The second-order valence-electron chi connectivity index (χ2n) is 3.74. The van der Waals surface area contributed by atoms with Crippen molar-refractivity contribution in [2.75, 3.05) is 0 Å². The van der Waals surface area contributed by atoms with Crippen molar-refractivity contribution in [2.45, 2.75) is 6.92 Å². The van der Waals surface area contributed by atoms with E-state index in [1.165, 1.54) is 43.3 Å². The van der Waals surface area contributed by atoms with Gasteiger partial charge in [0.1, 0.15) is 17.4 Å². The Morgan fingerprint density at radius 1 is 1.06 bits per heavy atom. The van der Waals surface area contributed by atoms with Gasteiger partial charge in [-0.15, -0.1) is 0 Å². The lowest BCUT2D eigenvalue weighted by Gasteiger charge is -2.06. The van der Waals surface area contributed by atoms with E-state index in [1.54, 1.807) is 0 Å². The molecule has 0 heterocycles. The first kappa shape index (κ1) is 12.2. The predicted molar refractivity (Wildman–Crippen MR) is 63.1 cm³/mol. The zero-order valence-corrected chi connectivity index (χ0v) is 9.61. The van der Waals surface area contributed by atoms with Crippen LogP contribution < -0.4 is 4.74 Å². The molecule has 0 aliphatic carbocycles. The van der Waals surface area contributed by atoms with Gasteiger partial charge in [-0.25, -0.2) is 8.78 Å². The van der Waals surface area contributed by atoms with Gasteiger partial charge in [0.05, 0.1) is 0 Å². The second-order valence-corrected chi connectivity index (χ2v) is 3.74. The van der Waals surface area contributed by atoms with Crippen molar-refractivity contribution in [3.8, 4) is 16.9 Å². The van der Waals surface area contributed by atoms with Crippen molar-refractivity contribution in [2.24, 2.45) is 0 Å². The fraction of sp³-hybridized carbons (Fsp3) is 0.0714. The molecular weight excluding hydrogens is 238 g/mol. The van der Waals surface area contributed by atoms with Gasteiger partial charge in [-0.3, -0.25) is 4.79 Å². The third-order valence-corrected chi connectivity index (χ3v) is 2.36. The highest BCUT2D eigenvalue weighted by atomic mass is 19.1. The monoisotopic (exact) mass is 248 g/mol. The average molecular weight is 248 g/mol. The van der Waals surface area contributed by atoms with Gasteiger partial charge in [-0.2, -0.15) is 0 Å². The lowest BCUT2D eigenvalue weighted by Crippen LogP contribution is -2.01. The van der Waals surface area contributed by atoms with E-state index < -0.39 is 11.8 Å². The summed E-state index contributed by atoms with van der Waals surface area (Å²) in [6, 6.07) is 9.59. The molecule has 0 aliphatic heterocycles. The van der Waals surface area contributed by atoms with Gasteiger partial charge < -0.3 is 4.74 Å². The van der Waals surface area contributed by atoms with Crippen LogP contribution in [0.4, 0.5) is 8.78 Å². The lowest BCUT2D eigenvalue weighted by molar-refractivity contribution is -0.131. The largest absolute Gasteiger partial charge is 0.427 e. The second kappa shape index (κ2) is 4.96. The fourth-order valence-electron chi connectivity index (χ4n) is 1.59. The maximum Gasteiger partial charge on any atom is 0.308 e. The number of ether oxygens (including phenoxy) is 1. The van der Waals surface area contributed by atoms with Crippen LogP contribution in [0, 0.1) is 11.6 Å². The number of benzene rings is 2. The molecule has 0 saturated heterocycles. The SMILES string of the molecule is CC(=O)Oc1ccc(-c2ccc(F)cc2)c(F)c1. The molecule has 0 radical (unpaired) electrons. The summed E-state index contributed by atoms with van der Waals surface area (Å²) in [5, 5.41) is 0. The molecule has 0 amide bonds. The summed E-state index contributed by atoms with van der Waals surface area (Å²) in [6.45, 7) is 1.24. The first-order valence-corrected chi connectivity index (χ1v) is 5.30. The minimum atomic E-state index is -0.527. The number of esters is 1. The maximum atomic E-state index is 13.8. The Hall–Kier alpha value is -2.23. The highest BCUT2D eigenvalue weighted by Gasteiger charge is 2.08. The van der Waals surface area contributed by atoms with Crippen LogP contribution in [0.25, 0.3) is 11.1 Å². The van der Waals surface area contributed by atoms with E-state index in [-0.39, 0.29) is 11.6 Å². The van der Waals surface area contributed by atoms with Gasteiger partial charge in [-0.05, 0) is 29.8 Å². The van der Waals surface area contributed by atoms with Crippen LogP contribution in [0.1, 0.15) is 6.92 Å². The molecule has 2 aromatic rings. The molecule has 0 N–H and O–H groups in total. The van der Waals surface area contributed by atoms with Crippen LogP contribution >= 0.6 is 0 Å². The molecule has 2 nitrogen and oxygen atoms in total. The number of halogens is 2. The van der Waals surface area contributed by atoms with Gasteiger partial charge >= 0.3 is 5.97 Å². The van der Waals surface area contributed by atoms with Crippen LogP contribution in [0.2, 0.25) is 0 Å². The van der Waals surface area contributed by atoms with E-state index in [9.17, 15) is 13.6 Å². The molecule has 0 aromatic heterocycles. The number of rotatable bonds is 2. The Morgan fingerprint density at radius 3 is 2.28 bits per heavy atom. The third kappa shape index (κ3) is 2.71. The predicted octanol–water partition coefficient (Wildman–Crippen LogP) is 3.56. The molecule has 0 atom stereocenters. The van der Waals surface area contributed by atoms with E-state index in [1.807, 2.05) is 0 Å². The first-order chi connectivity index (χ1) is 8.56. The maximum absolute atomic E-state index is 13.8. The van der Waals surface area contributed by atoms with E-state index in [0.29, 0.717) is 11.1 Å². The summed E-state index contributed by atoms with van der Waals surface area (Å²) in [5.74, 6) is -1.27. The van der Waals surface area contributed by atoms with Crippen molar-refractivity contribution in [3.05, 3.63) is 54.1 Å². The van der Waals surface area contributed by atoms with Crippen LogP contribution in [-0.2, 0) is 4.79 Å². The van der Waals surface area contributed by atoms with Crippen molar-refractivity contribution >= 4 is 5.97 Å². The van der Waals surface area contributed by atoms with Crippen LogP contribution in [0.5, 0.6) is 5.75 Å². The molecule has 18 heavy (non-hydrogen) atoms. The number of hydrogen-bond donors (Lipinski definition) is 0. The molecule has 0 saturated carbocycles. The number of carbonyl (C=O) groups is 1. The minimum absolute atomic E-state index is 0.144. The summed E-state index contributed by atoms with van der Waals surface area (Å²) >= 11 is 0. The Labute approximate surface area is 103 Å². The summed E-state index contributed by atoms with van der Waals surface area (Å²) in [5.41, 5.74) is 0.883. The normalized spacial score (nSPS) is 10.2. The van der Waals surface area contributed by atoms with Crippen molar-refractivity contribution in [1.82, 2.24) is 0 Å². The van der Waals surface area contributed by atoms with Gasteiger partial charge in [-0.1, -0.05) is 12.1 Å². The molecule has 2 aromatic carbocycles. The van der Waals surface area contributed by atoms with E-state index in [4.69, 9.17) is 4.74 Å². The van der Waals surface area contributed by atoms with Gasteiger partial charge in [0.25, 0.3) is 0 Å². The molecular formula is C14H10F2O2. The first-order valence-electron chi connectivity index (χ1n) is 5.30. The van der Waals surface area contributed by atoms with Gasteiger partial charge in [0, 0.05) is 18.6 Å². The highest BCUT2D eigenvalue weighted by molar-refractivity contribution is 5.70. The fourth-order valence-corrected chi connectivity index (χ4v) is 1.59. The molecule has 0 bridgehead atoms. The summed E-state index contributed by atoms with van der Waals surface area (Å²) in [7, 11) is 0. The lowest BCUT2D eigenvalue weighted by atomic mass is 10.1. The van der Waals surface area contributed by atoms with Crippen molar-refractivity contribution in [3.63, 3.8) is 0 Å². The standard InChI is InChI=1S/C14H10F2O2/c1-9(17)18-12-6-7-13(14(16)8-12)10-2-4-11(15)5-3-10/h2-8H,1H3. The topological polar surface area (TPSA) is 26.3 Å². The average Bonchev–Trinajstić information content (AvgIpc) is 2.30. The Balaban J connectivity index is 2.35. The molecule has 2 rings (SSSR count). The van der Waals surface area contributed by atoms with Crippen molar-refractivity contribution in [1.29, 1.82) is 0 Å². The summed E-state index contributed by atoms with van der Waals surface area (Å²) < 4.78 is 31.3.